The Morgan fingerprint density at radius 3 is 2.63 bits per heavy atom. The molecule has 1 aromatic heterocycles. The number of nitrogens with zero attached hydrogens (tertiary/aromatic N) is 3. The summed E-state index contributed by atoms with van der Waals surface area (Å²) in [5, 5.41) is 9.83. The van der Waals surface area contributed by atoms with Crippen molar-refractivity contribution in [1.82, 2.24) is 24.8 Å². The molecule has 0 radical (unpaired) electrons. The Bertz CT molecular complexity index is 483. The number of aryl methyl sites for hydroxylation is 1. The fourth-order valence-corrected chi connectivity index (χ4v) is 2.69. The van der Waals surface area contributed by atoms with Gasteiger partial charge in [0.15, 0.2) is 5.82 Å². The Labute approximate surface area is 114 Å². The van der Waals surface area contributed by atoms with E-state index in [4.69, 9.17) is 0 Å². The number of H-pyrrole nitrogens is 1. The maximum atomic E-state index is 12.0. The molecule has 1 rings (SSSR count). The van der Waals surface area contributed by atoms with E-state index in [2.05, 4.69) is 20.5 Å². The number of aromatic amines is 1. The lowest BCUT2D eigenvalue weighted by Crippen LogP contribution is -2.31. The van der Waals surface area contributed by atoms with Crippen LogP contribution in [0.15, 0.2) is 0 Å². The van der Waals surface area contributed by atoms with Crippen molar-refractivity contribution in [3.05, 3.63) is 11.6 Å². The Morgan fingerprint density at radius 1 is 1.42 bits per heavy atom. The van der Waals surface area contributed by atoms with Crippen LogP contribution in [0.25, 0.3) is 0 Å². The van der Waals surface area contributed by atoms with Crippen LogP contribution in [-0.4, -0.2) is 53.3 Å². The molecule has 2 N–H and O–H groups in total. The van der Waals surface area contributed by atoms with Crippen LogP contribution in [0.2, 0.25) is 0 Å². The topological polar surface area (TPSA) is 91.0 Å². The number of rotatable bonds is 8. The van der Waals surface area contributed by atoms with Gasteiger partial charge < -0.3 is 5.32 Å². The quantitative estimate of drug-likeness (QED) is 0.670. The van der Waals surface area contributed by atoms with E-state index in [0.717, 1.165) is 0 Å². The number of hydrogen-bond donors (Lipinski definition) is 2. The van der Waals surface area contributed by atoms with Gasteiger partial charge >= 0.3 is 0 Å². The second kappa shape index (κ2) is 6.97. The van der Waals surface area contributed by atoms with E-state index < -0.39 is 10.0 Å². The number of aromatic nitrogens is 3. The van der Waals surface area contributed by atoms with Gasteiger partial charge in [0.2, 0.25) is 10.0 Å². The third kappa shape index (κ3) is 5.66. The zero-order chi connectivity index (χ0) is 14.5. The van der Waals surface area contributed by atoms with Gasteiger partial charge in [0.1, 0.15) is 5.82 Å². The Hall–Kier alpha value is -0.990. The summed E-state index contributed by atoms with van der Waals surface area (Å²) in [6, 6.07) is 0.372. The summed E-state index contributed by atoms with van der Waals surface area (Å²) in [5.74, 6) is 1.30. The van der Waals surface area contributed by atoms with Gasteiger partial charge in [-0.1, -0.05) is 13.8 Å². The Morgan fingerprint density at radius 2 is 2.11 bits per heavy atom. The molecule has 8 heteroatoms. The molecule has 0 atom stereocenters. The minimum absolute atomic E-state index is 0.132. The van der Waals surface area contributed by atoms with Gasteiger partial charge in [-0.25, -0.2) is 13.4 Å². The van der Waals surface area contributed by atoms with Crippen LogP contribution in [0.3, 0.4) is 0 Å². The third-order valence-electron chi connectivity index (χ3n) is 2.61. The number of hydrogen-bond acceptors (Lipinski definition) is 5. The van der Waals surface area contributed by atoms with Gasteiger partial charge in [-0.3, -0.25) is 5.10 Å². The maximum absolute atomic E-state index is 12.0. The van der Waals surface area contributed by atoms with Crippen LogP contribution in [-0.2, 0) is 16.6 Å². The molecule has 0 aliphatic carbocycles. The average molecular weight is 289 g/mol. The van der Waals surface area contributed by atoms with Crippen molar-refractivity contribution < 1.29 is 8.42 Å². The van der Waals surface area contributed by atoms with E-state index in [0.29, 0.717) is 30.7 Å². The van der Waals surface area contributed by atoms with E-state index >= 15 is 0 Å². The third-order valence-corrected chi connectivity index (χ3v) is 4.50. The van der Waals surface area contributed by atoms with Crippen molar-refractivity contribution in [2.45, 2.75) is 39.8 Å². The Kier molecular flexibility index (Phi) is 5.89. The molecule has 0 spiro atoms. The first-order chi connectivity index (χ1) is 8.81. The minimum atomic E-state index is -3.25. The smallest absolute Gasteiger partial charge is 0.214 e. The summed E-state index contributed by atoms with van der Waals surface area (Å²) < 4.78 is 25.3. The average Bonchev–Trinajstić information content (AvgIpc) is 2.70. The molecule has 110 valence electrons. The van der Waals surface area contributed by atoms with Gasteiger partial charge in [-0.15, -0.1) is 0 Å². The van der Waals surface area contributed by atoms with Crippen LogP contribution in [0.1, 0.15) is 31.9 Å². The number of nitrogens with one attached hydrogen (secondary N) is 2. The van der Waals surface area contributed by atoms with Crippen molar-refractivity contribution in [2.24, 2.45) is 0 Å². The normalized spacial score (nSPS) is 12.5. The summed E-state index contributed by atoms with van der Waals surface area (Å²) >= 11 is 0. The standard InChI is InChI=1S/C11H23N5O2S/c1-9(2)12-6-5-7-19(17,18)16(4)8-11-13-10(3)14-15-11/h9,12H,5-8H2,1-4H3,(H,13,14,15). The molecule has 1 heterocycles. The lowest BCUT2D eigenvalue weighted by Gasteiger charge is -2.15. The summed E-state index contributed by atoms with van der Waals surface area (Å²) in [6.07, 6.45) is 0.595. The summed E-state index contributed by atoms with van der Waals surface area (Å²) in [5.41, 5.74) is 0. The Balaban J connectivity index is 2.43. The van der Waals surface area contributed by atoms with Crippen molar-refractivity contribution in [1.29, 1.82) is 0 Å². The van der Waals surface area contributed by atoms with Crippen LogP contribution >= 0.6 is 0 Å². The molecule has 0 amide bonds. The molecule has 0 fully saturated rings. The fourth-order valence-electron chi connectivity index (χ4n) is 1.56. The van der Waals surface area contributed by atoms with Gasteiger partial charge in [0.25, 0.3) is 0 Å². The van der Waals surface area contributed by atoms with E-state index in [9.17, 15) is 8.42 Å². The van der Waals surface area contributed by atoms with Crippen molar-refractivity contribution in [3.63, 3.8) is 0 Å². The maximum Gasteiger partial charge on any atom is 0.214 e. The van der Waals surface area contributed by atoms with Crippen molar-refractivity contribution in [2.75, 3.05) is 19.3 Å². The molecular weight excluding hydrogens is 266 g/mol. The molecule has 0 saturated heterocycles. The zero-order valence-electron chi connectivity index (χ0n) is 12.0. The minimum Gasteiger partial charge on any atom is -0.314 e. The van der Waals surface area contributed by atoms with Gasteiger partial charge in [0.05, 0.1) is 12.3 Å². The van der Waals surface area contributed by atoms with E-state index in [1.807, 2.05) is 13.8 Å². The monoisotopic (exact) mass is 289 g/mol. The van der Waals surface area contributed by atoms with Crippen molar-refractivity contribution in [3.8, 4) is 0 Å². The molecule has 19 heavy (non-hydrogen) atoms. The van der Waals surface area contributed by atoms with E-state index in [1.54, 1.807) is 14.0 Å². The van der Waals surface area contributed by atoms with Crippen LogP contribution < -0.4 is 5.32 Å². The fraction of sp³-hybridized carbons (Fsp3) is 0.818. The predicted octanol–water partition coefficient (Wildman–Crippen LogP) is 0.263. The number of sulfonamides is 1. The van der Waals surface area contributed by atoms with Crippen LogP contribution in [0.5, 0.6) is 0 Å². The first kappa shape index (κ1) is 16.1. The highest BCUT2D eigenvalue weighted by molar-refractivity contribution is 7.89. The first-order valence-corrected chi connectivity index (χ1v) is 7.97. The molecule has 7 nitrogen and oxygen atoms in total. The molecule has 0 unspecified atom stereocenters. The zero-order valence-corrected chi connectivity index (χ0v) is 12.8. The summed E-state index contributed by atoms with van der Waals surface area (Å²) in [6.45, 7) is 6.75. The molecule has 0 aliphatic heterocycles. The second-order valence-corrected chi connectivity index (χ2v) is 7.07. The van der Waals surface area contributed by atoms with Gasteiger partial charge in [0, 0.05) is 13.1 Å². The largest absolute Gasteiger partial charge is 0.314 e. The predicted molar refractivity (Wildman–Crippen MR) is 74.1 cm³/mol. The summed E-state index contributed by atoms with van der Waals surface area (Å²) in [7, 11) is -1.70. The highest BCUT2D eigenvalue weighted by atomic mass is 32.2. The SMILES string of the molecule is Cc1nc(CN(C)S(=O)(=O)CCCNC(C)C)n[nH]1. The molecule has 0 aliphatic rings. The highest BCUT2D eigenvalue weighted by Crippen LogP contribution is 2.05. The lowest BCUT2D eigenvalue weighted by atomic mass is 10.4. The van der Waals surface area contributed by atoms with E-state index in [1.165, 1.54) is 4.31 Å². The molecule has 1 aromatic rings. The highest BCUT2D eigenvalue weighted by Gasteiger charge is 2.19. The van der Waals surface area contributed by atoms with Gasteiger partial charge in [-0.2, -0.15) is 9.40 Å². The second-order valence-electron chi connectivity index (χ2n) is 4.87. The van der Waals surface area contributed by atoms with Crippen molar-refractivity contribution >= 4 is 10.0 Å². The molecular formula is C11H23N5O2S. The molecule has 0 saturated carbocycles. The van der Waals surface area contributed by atoms with Crippen LogP contribution in [0.4, 0.5) is 0 Å². The molecule has 0 bridgehead atoms. The summed E-state index contributed by atoms with van der Waals surface area (Å²) in [4.78, 5) is 4.10. The van der Waals surface area contributed by atoms with Gasteiger partial charge in [-0.05, 0) is 19.9 Å². The first-order valence-electron chi connectivity index (χ1n) is 6.36. The molecule has 0 aromatic carbocycles. The lowest BCUT2D eigenvalue weighted by molar-refractivity contribution is 0.454. The van der Waals surface area contributed by atoms with Crippen LogP contribution in [0, 0.1) is 6.92 Å². The van der Waals surface area contributed by atoms with E-state index in [-0.39, 0.29) is 12.3 Å².